The first-order chi connectivity index (χ1) is 17.7. The van der Waals surface area contributed by atoms with Crippen molar-refractivity contribution >= 4 is 5.97 Å². The molecule has 0 aliphatic rings. The summed E-state index contributed by atoms with van der Waals surface area (Å²) in [7, 11) is 0. The summed E-state index contributed by atoms with van der Waals surface area (Å²) in [5.41, 5.74) is 0. The van der Waals surface area contributed by atoms with Gasteiger partial charge in [-0.15, -0.1) is 18.3 Å². The summed E-state index contributed by atoms with van der Waals surface area (Å²) in [5.74, 6) is 12.5. The fraction of sp³-hybridized carbons (Fsp3) is 0.667. The van der Waals surface area contributed by atoms with E-state index in [2.05, 4.69) is 29.6 Å². The second-order valence-corrected chi connectivity index (χ2v) is 9.46. The smallest absolute Gasteiger partial charge is 0.382 e. The van der Waals surface area contributed by atoms with E-state index in [9.17, 15) is 9.90 Å². The van der Waals surface area contributed by atoms with Gasteiger partial charge in [-0.3, -0.25) is 0 Å². The highest BCUT2D eigenvalue weighted by Gasteiger charge is 1.94. The maximum Gasteiger partial charge on any atom is 0.382 e. The number of carbonyl (C=O) groups is 1. The van der Waals surface area contributed by atoms with Crippen molar-refractivity contribution in [3.05, 3.63) is 24.3 Å². The van der Waals surface area contributed by atoms with Crippen LogP contribution in [-0.4, -0.2) is 22.3 Å². The SMILES string of the molecule is C#C[C@H](O)/C=C/CCCCCCCC#CCCCCCCCCCCCCCC/C=C\C#CC(=O)O. The Morgan fingerprint density at radius 1 is 0.667 bits per heavy atom. The van der Waals surface area contributed by atoms with E-state index in [1.165, 1.54) is 96.3 Å². The Bertz CT molecular complexity index is 733. The van der Waals surface area contributed by atoms with Gasteiger partial charge in [0.1, 0.15) is 6.10 Å². The lowest BCUT2D eigenvalue weighted by Gasteiger charge is -2.02. The molecule has 0 amide bonds. The molecular formula is C33H50O3. The molecule has 0 bridgehead atoms. The van der Waals surface area contributed by atoms with Crippen molar-refractivity contribution in [3.63, 3.8) is 0 Å². The number of terminal acetylenes is 1. The van der Waals surface area contributed by atoms with Crippen LogP contribution in [0, 0.1) is 36.0 Å². The zero-order valence-corrected chi connectivity index (χ0v) is 22.6. The molecule has 0 aromatic heterocycles. The molecule has 200 valence electrons. The molecular weight excluding hydrogens is 444 g/mol. The number of aliphatic hydroxyl groups excluding tert-OH is 1. The first-order valence-electron chi connectivity index (χ1n) is 14.3. The molecule has 2 N–H and O–H groups in total. The van der Waals surface area contributed by atoms with Crippen LogP contribution in [0.1, 0.15) is 135 Å². The van der Waals surface area contributed by atoms with Gasteiger partial charge in [0.25, 0.3) is 0 Å². The molecule has 0 aromatic carbocycles. The lowest BCUT2D eigenvalue weighted by molar-refractivity contribution is -0.130. The first-order valence-corrected chi connectivity index (χ1v) is 14.3. The Kier molecular flexibility index (Phi) is 26.9. The zero-order valence-electron chi connectivity index (χ0n) is 22.6. The minimum Gasteiger partial charge on any atom is -0.472 e. The number of rotatable bonds is 22. The number of unbranched alkanes of at least 4 members (excludes halogenated alkanes) is 19. The Morgan fingerprint density at radius 3 is 1.53 bits per heavy atom. The molecule has 3 nitrogen and oxygen atoms in total. The zero-order chi connectivity index (χ0) is 26.4. The van der Waals surface area contributed by atoms with Crippen molar-refractivity contribution in [2.45, 2.75) is 141 Å². The molecule has 0 saturated carbocycles. The van der Waals surface area contributed by atoms with Gasteiger partial charge in [-0.1, -0.05) is 107 Å². The predicted octanol–water partition coefficient (Wildman–Crippen LogP) is 8.38. The van der Waals surface area contributed by atoms with Crippen LogP contribution in [0.4, 0.5) is 0 Å². The summed E-state index contributed by atoms with van der Waals surface area (Å²) < 4.78 is 0. The van der Waals surface area contributed by atoms with Gasteiger partial charge in [-0.2, -0.15) is 0 Å². The Morgan fingerprint density at radius 2 is 1.08 bits per heavy atom. The molecule has 36 heavy (non-hydrogen) atoms. The van der Waals surface area contributed by atoms with Gasteiger partial charge in [0.2, 0.25) is 0 Å². The van der Waals surface area contributed by atoms with Crippen LogP contribution in [0.5, 0.6) is 0 Å². The van der Waals surface area contributed by atoms with Gasteiger partial charge in [0, 0.05) is 18.8 Å². The molecule has 0 spiro atoms. The predicted molar refractivity (Wildman–Crippen MR) is 153 cm³/mol. The average Bonchev–Trinajstić information content (AvgIpc) is 2.87. The van der Waals surface area contributed by atoms with Crippen molar-refractivity contribution in [1.29, 1.82) is 0 Å². The molecule has 0 aliphatic heterocycles. The van der Waals surface area contributed by atoms with E-state index in [0.29, 0.717) is 0 Å². The molecule has 0 radical (unpaired) electrons. The van der Waals surface area contributed by atoms with E-state index >= 15 is 0 Å². The number of allylic oxidation sites excluding steroid dienone is 3. The van der Waals surface area contributed by atoms with Gasteiger partial charge in [-0.05, 0) is 50.7 Å². The second kappa shape index (κ2) is 28.8. The largest absolute Gasteiger partial charge is 0.472 e. The van der Waals surface area contributed by atoms with Crippen molar-refractivity contribution < 1.29 is 15.0 Å². The fourth-order valence-corrected chi connectivity index (χ4v) is 3.95. The van der Waals surface area contributed by atoms with Gasteiger partial charge in [0.15, 0.2) is 0 Å². The highest BCUT2D eigenvalue weighted by Crippen LogP contribution is 2.13. The third kappa shape index (κ3) is 29.6. The molecule has 0 heterocycles. The summed E-state index contributed by atoms with van der Waals surface area (Å²) >= 11 is 0. The van der Waals surface area contributed by atoms with Crippen LogP contribution in [0.15, 0.2) is 24.3 Å². The van der Waals surface area contributed by atoms with Gasteiger partial charge in [0.05, 0.1) is 0 Å². The monoisotopic (exact) mass is 494 g/mol. The number of aliphatic carboxylic acids is 1. The summed E-state index contributed by atoms with van der Waals surface area (Å²) in [4.78, 5) is 10.2. The Hall–Kier alpha value is -2.41. The molecule has 0 saturated heterocycles. The molecule has 0 unspecified atom stereocenters. The van der Waals surface area contributed by atoms with Crippen LogP contribution in [0.25, 0.3) is 0 Å². The van der Waals surface area contributed by atoms with Gasteiger partial charge < -0.3 is 10.2 Å². The maximum absolute atomic E-state index is 10.2. The van der Waals surface area contributed by atoms with Crippen LogP contribution >= 0.6 is 0 Å². The molecule has 0 aliphatic carbocycles. The minimum atomic E-state index is -1.07. The quantitative estimate of drug-likeness (QED) is 0.0902. The number of aliphatic hydroxyl groups is 1. The van der Waals surface area contributed by atoms with Crippen LogP contribution in [-0.2, 0) is 4.79 Å². The molecule has 0 aromatic rings. The van der Waals surface area contributed by atoms with Gasteiger partial charge >= 0.3 is 5.97 Å². The normalized spacial score (nSPS) is 11.6. The topological polar surface area (TPSA) is 57.5 Å². The number of carboxylic acid groups (broad SMARTS) is 1. The lowest BCUT2D eigenvalue weighted by atomic mass is 10.0. The fourth-order valence-electron chi connectivity index (χ4n) is 3.95. The maximum atomic E-state index is 10.2. The van der Waals surface area contributed by atoms with Crippen molar-refractivity contribution in [1.82, 2.24) is 0 Å². The number of carboxylic acids is 1. The van der Waals surface area contributed by atoms with E-state index in [-0.39, 0.29) is 0 Å². The van der Waals surface area contributed by atoms with E-state index in [1.807, 2.05) is 12.2 Å². The van der Waals surface area contributed by atoms with Crippen molar-refractivity contribution in [3.8, 4) is 36.0 Å². The molecule has 0 rings (SSSR count). The van der Waals surface area contributed by atoms with E-state index < -0.39 is 12.1 Å². The van der Waals surface area contributed by atoms with Crippen molar-refractivity contribution in [2.75, 3.05) is 0 Å². The van der Waals surface area contributed by atoms with Crippen LogP contribution in [0.2, 0.25) is 0 Å². The average molecular weight is 495 g/mol. The van der Waals surface area contributed by atoms with E-state index in [1.54, 1.807) is 12.2 Å². The summed E-state index contributed by atoms with van der Waals surface area (Å²) in [6, 6.07) is 0. The van der Waals surface area contributed by atoms with E-state index in [4.69, 9.17) is 11.5 Å². The standard InChI is InChI=1S/C33H50O3/c1-2-32(34)30-28-26-24-22-20-18-16-14-12-10-8-6-4-3-5-7-9-11-13-15-17-19-21-23-25-27-29-31-33(35)36/h1,25,27-28,30,32,34H,3-9,11,13-24,26H2,(H,35,36)/b27-25-,30-28+/t32-/m0/s1. The third-order valence-corrected chi connectivity index (χ3v) is 6.09. The third-order valence-electron chi connectivity index (χ3n) is 6.09. The molecule has 0 fully saturated rings. The molecule has 1 atom stereocenters. The number of hydrogen-bond acceptors (Lipinski definition) is 2. The van der Waals surface area contributed by atoms with Crippen LogP contribution in [0.3, 0.4) is 0 Å². The van der Waals surface area contributed by atoms with Crippen LogP contribution < -0.4 is 0 Å². The number of hydrogen-bond donors (Lipinski definition) is 2. The summed E-state index contributed by atoms with van der Waals surface area (Å²) in [5, 5.41) is 17.6. The minimum absolute atomic E-state index is 0.733. The lowest BCUT2D eigenvalue weighted by Crippen LogP contribution is -1.95. The second-order valence-electron chi connectivity index (χ2n) is 9.46. The first kappa shape index (κ1) is 33.6. The summed E-state index contributed by atoms with van der Waals surface area (Å²) in [6.45, 7) is 0. The van der Waals surface area contributed by atoms with Gasteiger partial charge in [-0.25, -0.2) is 4.79 Å². The highest BCUT2D eigenvalue weighted by atomic mass is 16.4. The summed E-state index contributed by atoms with van der Waals surface area (Å²) in [6.07, 6.45) is 37.7. The highest BCUT2D eigenvalue weighted by molar-refractivity contribution is 5.86. The Balaban J connectivity index is 3.23. The Labute approximate surface area is 222 Å². The van der Waals surface area contributed by atoms with E-state index in [0.717, 1.165) is 38.5 Å². The molecule has 3 heteroatoms. The van der Waals surface area contributed by atoms with Crippen molar-refractivity contribution in [2.24, 2.45) is 0 Å².